The van der Waals surface area contributed by atoms with Crippen LogP contribution in [0.3, 0.4) is 0 Å². The summed E-state index contributed by atoms with van der Waals surface area (Å²) in [5, 5.41) is 2.69. The summed E-state index contributed by atoms with van der Waals surface area (Å²) in [6.45, 7) is 4.86. The molecule has 1 saturated heterocycles. The molecule has 0 radical (unpaired) electrons. The summed E-state index contributed by atoms with van der Waals surface area (Å²) in [5.74, 6) is 0.304. The van der Waals surface area contributed by atoms with Gasteiger partial charge < -0.3 is 16.0 Å². The number of likely N-dealkylation sites (tertiary alicyclic amines) is 1. The smallest absolute Gasteiger partial charge is 0.254 e. The Kier molecular flexibility index (Phi) is 6.18. The Balaban J connectivity index is 0.00000220. The Morgan fingerprint density at radius 3 is 2.43 bits per heavy atom. The van der Waals surface area contributed by atoms with Crippen LogP contribution in [0.1, 0.15) is 30.6 Å². The highest BCUT2D eigenvalue weighted by atomic mass is 35.5. The van der Waals surface area contributed by atoms with Crippen molar-refractivity contribution < 1.29 is 9.59 Å². The van der Waals surface area contributed by atoms with Crippen molar-refractivity contribution in [2.45, 2.75) is 26.3 Å². The lowest BCUT2D eigenvalue weighted by Crippen LogP contribution is -2.34. The molecule has 1 heterocycles. The number of carbonyl (C=O) groups excluding carboxylic acids is 2. The molecule has 1 aromatic carbocycles. The third kappa shape index (κ3) is 4.19. The summed E-state index contributed by atoms with van der Waals surface area (Å²) in [6.07, 6.45) is 0.964. The molecule has 0 aromatic heterocycles. The topological polar surface area (TPSA) is 75.4 Å². The molecule has 5 nitrogen and oxygen atoms in total. The van der Waals surface area contributed by atoms with Gasteiger partial charge in [-0.05, 0) is 50.1 Å². The van der Waals surface area contributed by atoms with Gasteiger partial charge in [0.15, 0.2) is 0 Å². The summed E-state index contributed by atoms with van der Waals surface area (Å²) >= 11 is 0. The number of nitrogens with zero attached hydrogens (tertiary/aromatic N) is 1. The zero-order valence-electron chi connectivity index (χ0n) is 12.3. The Hall–Kier alpha value is -1.59. The van der Waals surface area contributed by atoms with Gasteiger partial charge in [0, 0.05) is 30.8 Å². The molecule has 1 aromatic rings. The monoisotopic (exact) mass is 311 g/mol. The van der Waals surface area contributed by atoms with E-state index in [1.165, 1.54) is 6.92 Å². The number of nitrogens with one attached hydrogen (secondary N) is 1. The fourth-order valence-electron chi connectivity index (χ4n) is 2.66. The maximum absolute atomic E-state index is 12.5. The molecule has 0 saturated carbocycles. The maximum atomic E-state index is 12.5. The lowest BCUT2D eigenvalue weighted by atomic mass is 10.1. The average Bonchev–Trinajstić information content (AvgIpc) is 2.79. The summed E-state index contributed by atoms with van der Waals surface area (Å²) in [5.41, 5.74) is 7.02. The van der Waals surface area contributed by atoms with Crippen molar-refractivity contribution in [1.82, 2.24) is 4.90 Å². The zero-order valence-corrected chi connectivity index (χ0v) is 13.2. The van der Waals surface area contributed by atoms with Crippen LogP contribution in [0.15, 0.2) is 24.3 Å². The number of anilines is 1. The molecule has 0 spiro atoms. The van der Waals surface area contributed by atoms with Crippen LogP contribution in [0, 0.1) is 5.92 Å². The molecule has 3 N–H and O–H groups in total. The van der Waals surface area contributed by atoms with E-state index in [1.54, 1.807) is 24.3 Å². The molecule has 6 heteroatoms. The largest absolute Gasteiger partial charge is 0.336 e. The second kappa shape index (κ2) is 7.43. The summed E-state index contributed by atoms with van der Waals surface area (Å²) < 4.78 is 0. The molecule has 2 rings (SSSR count). The van der Waals surface area contributed by atoms with Crippen LogP contribution in [-0.2, 0) is 4.79 Å². The summed E-state index contributed by atoms with van der Waals surface area (Å²) in [6, 6.07) is 7.21. The lowest BCUT2D eigenvalue weighted by molar-refractivity contribution is -0.114. The Labute approximate surface area is 131 Å². The second-order valence-electron chi connectivity index (χ2n) is 5.40. The highest BCUT2D eigenvalue weighted by molar-refractivity contribution is 5.95. The Morgan fingerprint density at radius 1 is 1.33 bits per heavy atom. The number of hydrogen-bond acceptors (Lipinski definition) is 3. The van der Waals surface area contributed by atoms with Gasteiger partial charge in [-0.2, -0.15) is 0 Å². The van der Waals surface area contributed by atoms with E-state index >= 15 is 0 Å². The van der Waals surface area contributed by atoms with E-state index in [-0.39, 0.29) is 30.3 Å². The highest BCUT2D eigenvalue weighted by Gasteiger charge is 2.31. The van der Waals surface area contributed by atoms with Crippen molar-refractivity contribution >= 4 is 29.9 Å². The van der Waals surface area contributed by atoms with Crippen molar-refractivity contribution in [3.63, 3.8) is 0 Å². The Morgan fingerprint density at radius 2 is 1.95 bits per heavy atom. The number of benzene rings is 1. The van der Waals surface area contributed by atoms with Gasteiger partial charge in [-0.1, -0.05) is 0 Å². The number of hydrogen-bond donors (Lipinski definition) is 2. The van der Waals surface area contributed by atoms with E-state index in [0.717, 1.165) is 13.0 Å². The first-order valence-corrected chi connectivity index (χ1v) is 6.90. The third-order valence-electron chi connectivity index (χ3n) is 3.71. The van der Waals surface area contributed by atoms with Crippen LogP contribution < -0.4 is 11.1 Å². The van der Waals surface area contributed by atoms with Crippen LogP contribution in [0.4, 0.5) is 5.69 Å². The van der Waals surface area contributed by atoms with E-state index in [1.807, 2.05) is 4.90 Å². The fourth-order valence-corrected chi connectivity index (χ4v) is 2.66. The molecular weight excluding hydrogens is 290 g/mol. The van der Waals surface area contributed by atoms with Crippen molar-refractivity contribution in [3.8, 4) is 0 Å². The second-order valence-corrected chi connectivity index (χ2v) is 5.40. The van der Waals surface area contributed by atoms with Gasteiger partial charge >= 0.3 is 0 Å². The van der Waals surface area contributed by atoms with Crippen LogP contribution in [0.25, 0.3) is 0 Å². The molecule has 2 unspecified atom stereocenters. The average molecular weight is 312 g/mol. The van der Waals surface area contributed by atoms with Gasteiger partial charge in [0.05, 0.1) is 0 Å². The molecule has 116 valence electrons. The number of amides is 2. The van der Waals surface area contributed by atoms with Gasteiger partial charge in [-0.15, -0.1) is 12.4 Å². The van der Waals surface area contributed by atoms with Gasteiger partial charge in [-0.25, -0.2) is 0 Å². The van der Waals surface area contributed by atoms with Gasteiger partial charge in [-0.3, -0.25) is 9.59 Å². The van der Waals surface area contributed by atoms with E-state index in [2.05, 4.69) is 12.2 Å². The Bertz CT molecular complexity index is 504. The van der Waals surface area contributed by atoms with Crippen molar-refractivity contribution in [2.24, 2.45) is 11.7 Å². The van der Waals surface area contributed by atoms with Crippen LogP contribution >= 0.6 is 12.4 Å². The summed E-state index contributed by atoms with van der Waals surface area (Å²) in [4.78, 5) is 25.3. The van der Waals surface area contributed by atoms with E-state index in [0.29, 0.717) is 23.7 Å². The molecule has 2 atom stereocenters. The predicted octanol–water partition coefficient (Wildman–Crippen LogP) is 1.88. The number of halogens is 1. The van der Waals surface area contributed by atoms with E-state index in [4.69, 9.17) is 5.73 Å². The van der Waals surface area contributed by atoms with E-state index < -0.39 is 0 Å². The molecule has 1 aliphatic heterocycles. The van der Waals surface area contributed by atoms with Gasteiger partial charge in [0.25, 0.3) is 5.91 Å². The molecular formula is C15H22ClN3O2. The molecule has 1 fully saturated rings. The summed E-state index contributed by atoms with van der Waals surface area (Å²) in [7, 11) is 0. The number of nitrogens with two attached hydrogens (primary N) is 1. The number of carbonyl (C=O) groups is 2. The number of rotatable bonds is 3. The quantitative estimate of drug-likeness (QED) is 0.895. The molecule has 2 amide bonds. The van der Waals surface area contributed by atoms with Crippen molar-refractivity contribution in [1.29, 1.82) is 0 Å². The first kappa shape index (κ1) is 17.5. The molecule has 0 aliphatic carbocycles. The van der Waals surface area contributed by atoms with Gasteiger partial charge in [0.2, 0.25) is 5.91 Å². The molecule has 0 bridgehead atoms. The maximum Gasteiger partial charge on any atom is 0.254 e. The minimum absolute atomic E-state index is 0. The van der Waals surface area contributed by atoms with Crippen LogP contribution in [-0.4, -0.2) is 35.8 Å². The minimum atomic E-state index is -0.122. The predicted molar refractivity (Wildman–Crippen MR) is 85.7 cm³/mol. The van der Waals surface area contributed by atoms with E-state index in [9.17, 15) is 9.59 Å². The molecule has 1 aliphatic rings. The molecule has 21 heavy (non-hydrogen) atoms. The highest BCUT2D eigenvalue weighted by Crippen LogP contribution is 2.24. The first-order valence-electron chi connectivity index (χ1n) is 6.90. The normalized spacial score (nSPS) is 20.8. The zero-order chi connectivity index (χ0) is 14.7. The van der Waals surface area contributed by atoms with Crippen LogP contribution in [0.5, 0.6) is 0 Å². The SMILES string of the molecule is CC(=O)Nc1ccc(C(=O)N2CC(CN)CC2C)cc1.Cl. The van der Waals surface area contributed by atoms with Crippen molar-refractivity contribution in [2.75, 3.05) is 18.4 Å². The first-order chi connectivity index (χ1) is 9.51. The minimum Gasteiger partial charge on any atom is -0.336 e. The fraction of sp³-hybridized carbons (Fsp3) is 0.467. The third-order valence-corrected chi connectivity index (χ3v) is 3.71. The standard InChI is InChI=1S/C15H21N3O2.ClH/c1-10-7-12(8-16)9-18(10)15(20)13-3-5-14(6-4-13)17-11(2)19;/h3-6,10,12H,7-9,16H2,1-2H3,(H,17,19);1H. The van der Waals surface area contributed by atoms with Gasteiger partial charge in [0.1, 0.15) is 0 Å². The lowest BCUT2D eigenvalue weighted by Gasteiger charge is -2.21. The van der Waals surface area contributed by atoms with Crippen molar-refractivity contribution in [3.05, 3.63) is 29.8 Å². The van der Waals surface area contributed by atoms with Crippen LogP contribution in [0.2, 0.25) is 0 Å².